The summed E-state index contributed by atoms with van der Waals surface area (Å²) in [7, 11) is 1.58. The predicted octanol–water partition coefficient (Wildman–Crippen LogP) is 3.69. The summed E-state index contributed by atoms with van der Waals surface area (Å²) in [5, 5.41) is 12.8. The van der Waals surface area contributed by atoms with E-state index in [2.05, 4.69) is 0 Å². The van der Waals surface area contributed by atoms with Crippen LogP contribution >= 0.6 is 22.9 Å². The topological polar surface area (TPSA) is 29.5 Å². The summed E-state index contributed by atoms with van der Waals surface area (Å²) >= 11 is 7.52. The van der Waals surface area contributed by atoms with Gasteiger partial charge in [0.2, 0.25) is 0 Å². The molecule has 1 atom stereocenters. The zero-order valence-electron chi connectivity index (χ0n) is 9.39. The van der Waals surface area contributed by atoms with E-state index in [1.807, 2.05) is 17.5 Å². The first-order valence-electron chi connectivity index (χ1n) is 5.24. The Labute approximate surface area is 109 Å². The van der Waals surface area contributed by atoms with Gasteiger partial charge in [-0.25, -0.2) is 0 Å². The highest BCUT2D eigenvalue weighted by molar-refractivity contribution is 7.09. The van der Waals surface area contributed by atoms with Gasteiger partial charge >= 0.3 is 0 Å². The third kappa shape index (κ3) is 3.00. The molecule has 2 aromatic rings. The SMILES string of the molecule is COc1cc(Cl)ccc1C(O)Cc1cccs1. The summed E-state index contributed by atoms with van der Waals surface area (Å²) in [6, 6.07) is 9.27. The van der Waals surface area contributed by atoms with Crippen molar-refractivity contribution in [1.29, 1.82) is 0 Å². The van der Waals surface area contributed by atoms with Gasteiger partial charge in [-0.3, -0.25) is 0 Å². The van der Waals surface area contributed by atoms with E-state index < -0.39 is 6.10 Å². The number of benzene rings is 1. The van der Waals surface area contributed by atoms with Gasteiger partial charge in [-0.2, -0.15) is 0 Å². The molecule has 0 amide bonds. The first kappa shape index (κ1) is 12.4. The number of thiophene rings is 1. The van der Waals surface area contributed by atoms with Crippen LogP contribution in [0.1, 0.15) is 16.5 Å². The molecule has 0 spiro atoms. The van der Waals surface area contributed by atoms with Gasteiger partial charge in [0.05, 0.1) is 13.2 Å². The van der Waals surface area contributed by atoms with E-state index in [-0.39, 0.29) is 0 Å². The van der Waals surface area contributed by atoms with Crippen molar-refractivity contribution < 1.29 is 9.84 Å². The van der Waals surface area contributed by atoms with Crippen molar-refractivity contribution in [3.63, 3.8) is 0 Å². The van der Waals surface area contributed by atoms with Gasteiger partial charge in [0, 0.05) is 21.9 Å². The zero-order chi connectivity index (χ0) is 12.3. The molecule has 0 radical (unpaired) electrons. The molecule has 1 heterocycles. The van der Waals surface area contributed by atoms with Gasteiger partial charge in [-0.1, -0.05) is 23.7 Å². The molecule has 0 saturated heterocycles. The number of ether oxygens (including phenoxy) is 1. The van der Waals surface area contributed by atoms with E-state index >= 15 is 0 Å². The van der Waals surface area contributed by atoms with Gasteiger partial charge in [-0.15, -0.1) is 11.3 Å². The summed E-state index contributed by atoms with van der Waals surface area (Å²) in [5.74, 6) is 0.626. The predicted molar refractivity (Wildman–Crippen MR) is 71.0 cm³/mol. The largest absolute Gasteiger partial charge is 0.496 e. The Kier molecular flexibility index (Phi) is 4.05. The molecule has 0 fully saturated rings. The highest BCUT2D eigenvalue weighted by atomic mass is 35.5. The molecule has 4 heteroatoms. The Morgan fingerprint density at radius 2 is 2.24 bits per heavy atom. The lowest BCUT2D eigenvalue weighted by molar-refractivity contribution is 0.175. The molecule has 0 aliphatic heterocycles. The van der Waals surface area contributed by atoms with Crippen LogP contribution in [0.3, 0.4) is 0 Å². The van der Waals surface area contributed by atoms with Crippen molar-refractivity contribution in [2.24, 2.45) is 0 Å². The van der Waals surface area contributed by atoms with E-state index in [1.165, 1.54) is 0 Å². The molecule has 0 saturated carbocycles. The third-order valence-electron chi connectivity index (χ3n) is 2.53. The maximum Gasteiger partial charge on any atom is 0.126 e. The molecular weight excluding hydrogens is 256 g/mol. The van der Waals surface area contributed by atoms with Crippen LogP contribution in [0.2, 0.25) is 5.02 Å². The Bertz CT molecular complexity index is 482. The molecule has 1 N–H and O–H groups in total. The summed E-state index contributed by atoms with van der Waals surface area (Å²) < 4.78 is 5.23. The number of aliphatic hydroxyl groups is 1. The number of rotatable bonds is 4. The van der Waals surface area contributed by atoms with Crippen LogP contribution in [-0.4, -0.2) is 12.2 Å². The second-order valence-electron chi connectivity index (χ2n) is 3.69. The molecule has 1 aromatic carbocycles. The Morgan fingerprint density at radius 3 is 2.88 bits per heavy atom. The van der Waals surface area contributed by atoms with Crippen LogP contribution in [-0.2, 0) is 6.42 Å². The minimum Gasteiger partial charge on any atom is -0.496 e. The molecular formula is C13H13ClO2S. The fourth-order valence-electron chi connectivity index (χ4n) is 1.69. The number of methoxy groups -OCH3 is 1. The number of hydrogen-bond donors (Lipinski definition) is 1. The van der Waals surface area contributed by atoms with E-state index in [4.69, 9.17) is 16.3 Å². The minimum absolute atomic E-state index is 0.569. The Morgan fingerprint density at radius 1 is 1.41 bits per heavy atom. The summed E-state index contributed by atoms with van der Waals surface area (Å²) in [6.45, 7) is 0. The fourth-order valence-corrected chi connectivity index (χ4v) is 2.59. The van der Waals surface area contributed by atoms with Crippen LogP contribution in [0, 0.1) is 0 Å². The normalized spacial score (nSPS) is 12.4. The molecule has 2 rings (SSSR count). The van der Waals surface area contributed by atoms with E-state index in [1.54, 1.807) is 36.6 Å². The van der Waals surface area contributed by atoms with Crippen molar-refractivity contribution in [2.75, 3.05) is 7.11 Å². The minimum atomic E-state index is -0.569. The summed E-state index contributed by atoms with van der Waals surface area (Å²) in [6.07, 6.45) is 0.0243. The van der Waals surface area contributed by atoms with Gasteiger partial charge in [0.25, 0.3) is 0 Å². The lowest BCUT2D eigenvalue weighted by Crippen LogP contribution is -2.03. The van der Waals surface area contributed by atoms with E-state index in [0.717, 1.165) is 10.4 Å². The smallest absolute Gasteiger partial charge is 0.126 e. The average molecular weight is 269 g/mol. The van der Waals surface area contributed by atoms with Crippen LogP contribution in [0.15, 0.2) is 35.7 Å². The molecule has 2 nitrogen and oxygen atoms in total. The molecule has 0 aliphatic rings. The van der Waals surface area contributed by atoms with E-state index in [0.29, 0.717) is 17.2 Å². The maximum atomic E-state index is 10.2. The summed E-state index contributed by atoms with van der Waals surface area (Å²) in [4.78, 5) is 1.15. The lowest BCUT2D eigenvalue weighted by atomic mass is 10.0. The number of halogens is 1. The van der Waals surface area contributed by atoms with Crippen molar-refractivity contribution in [1.82, 2.24) is 0 Å². The van der Waals surface area contributed by atoms with Gasteiger partial charge in [-0.05, 0) is 23.6 Å². The highest BCUT2D eigenvalue weighted by Gasteiger charge is 2.14. The second kappa shape index (κ2) is 5.54. The van der Waals surface area contributed by atoms with Gasteiger partial charge in [0.15, 0.2) is 0 Å². The highest BCUT2D eigenvalue weighted by Crippen LogP contribution is 2.30. The van der Waals surface area contributed by atoms with E-state index in [9.17, 15) is 5.11 Å². The van der Waals surface area contributed by atoms with Crippen molar-refractivity contribution in [2.45, 2.75) is 12.5 Å². The average Bonchev–Trinajstić information content (AvgIpc) is 2.81. The van der Waals surface area contributed by atoms with Gasteiger partial charge < -0.3 is 9.84 Å². The van der Waals surface area contributed by atoms with Crippen LogP contribution in [0.25, 0.3) is 0 Å². The second-order valence-corrected chi connectivity index (χ2v) is 5.15. The first-order valence-corrected chi connectivity index (χ1v) is 6.50. The fraction of sp³-hybridized carbons (Fsp3) is 0.231. The van der Waals surface area contributed by atoms with Crippen molar-refractivity contribution in [3.05, 3.63) is 51.2 Å². The number of aliphatic hydroxyl groups excluding tert-OH is 1. The third-order valence-corrected chi connectivity index (χ3v) is 3.66. The molecule has 90 valence electrons. The number of hydrogen-bond acceptors (Lipinski definition) is 3. The lowest BCUT2D eigenvalue weighted by Gasteiger charge is -2.14. The molecule has 1 unspecified atom stereocenters. The zero-order valence-corrected chi connectivity index (χ0v) is 11.0. The van der Waals surface area contributed by atoms with Crippen LogP contribution in [0.5, 0.6) is 5.75 Å². The molecule has 0 aliphatic carbocycles. The van der Waals surface area contributed by atoms with Crippen LogP contribution in [0.4, 0.5) is 0 Å². The molecule has 0 bridgehead atoms. The Hall–Kier alpha value is -1.03. The Balaban J connectivity index is 2.21. The monoisotopic (exact) mass is 268 g/mol. The summed E-state index contributed by atoms with van der Waals surface area (Å²) in [5.41, 5.74) is 0.769. The van der Waals surface area contributed by atoms with Crippen molar-refractivity contribution in [3.8, 4) is 5.75 Å². The standard InChI is InChI=1S/C13H13ClO2S/c1-16-13-7-9(14)4-5-11(13)12(15)8-10-3-2-6-17-10/h2-7,12,15H,8H2,1H3. The quantitative estimate of drug-likeness (QED) is 0.916. The van der Waals surface area contributed by atoms with Crippen molar-refractivity contribution >= 4 is 22.9 Å². The van der Waals surface area contributed by atoms with Crippen LogP contribution < -0.4 is 4.74 Å². The van der Waals surface area contributed by atoms with Gasteiger partial charge in [0.1, 0.15) is 5.75 Å². The molecule has 17 heavy (non-hydrogen) atoms. The molecule has 1 aromatic heterocycles. The first-order chi connectivity index (χ1) is 8.20. The maximum absolute atomic E-state index is 10.2.